The van der Waals surface area contributed by atoms with Crippen molar-refractivity contribution in [1.29, 1.82) is 5.26 Å². The van der Waals surface area contributed by atoms with Crippen molar-refractivity contribution in [2.75, 3.05) is 0 Å². The molecule has 0 aromatic heterocycles. The Hall–Kier alpha value is -2.34. The van der Waals surface area contributed by atoms with E-state index in [1.807, 2.05) is 48.5 Å². The van der Waals surface area contributed by atoms with Gasteiger partial charge < -0.3 is 5.32 Å². The van der Waals surface area contributed by atoms with Crippen molar-refractivity contribution in [3.63, 3.8) is 0 Å². The highest BCUT2D eigenvalue weighted by Gasteiger charge is 2.11. The second-order valence-corrected chi connectivity index (χ2v) is 4.21. The zero-order chi connectivity index (χ0) is 13.0. The van der Waals surface area contributed by atoms with E-state index < -0.39 is 5.92 Å². The molecule has 0 radical (unpaired) electrons. The van der Waals surface area contributed by atoms with E-state index in [1.165, 1.54) is 0 Å². The number of fused-ring (bicyclic) bond motifs is 1. The van der Waals surface area contributed by atoms with E-state index in [1.54, 1.807) is 6.92 Å². The lowest BCUT2D eigenvalue weighted by Crippen LogP contribution is -2.27. The van der Waals surface area contributed by atoms with Crippen LogP contribution >= 0.6 is 0 Å². The van der Waals surface area contributed by atoms with Crippen molar-refractivity contribution in [2.45, 2.75) is 13.5 Å². The van der Waals surface area contributed by atoms with Crippen molar-refractivity contribution in [2.24, 2.45) is 5.92 Å². The number of nitrogens with one attached hydrogen (secondary N) is 1. The van der Waals surface area contributed by atoms with Gasteiger partial charge in [-0.05, 0) is 23.3 Å². The quantitative estimate of drug-likeness (QED) is 0.893. The predicted octanol–water partition coefficient (Wildman–Crippen LogP) is 2.62. The molecule has 18 heavy (non-hydrogen) atoms. The van der Waals surface area contributed by atoms with Crippen LogP contribution in [-0.4, -0.2) is 5.91 Å². The molecule has 2 rings (SSSR count). The summed E-state index contributed by atoms with van der Waals surface area (Å²) in [6.45, 7) is 2.05. The maximum Gasteiger partial charge on any atom is 0.237 e. The summed E-state index contributed by atoms with van der Waals surface area (Å²) in [6.07, 6.45) is 0. The number of nitrogens with zero attached hydrogens (tertiary/aromatic N) is 1. The number of rotatable bonds is 3. The molecule has 90 valence electrons. The molecule has 3 heteroatoms. The highest BCUT2D eigenvalue weighted by atomic mass is 16.1. The number of amides is 1. The van der Waals surface area contributed by atoms with Crippen LogP contribution in [0.2, 0.25) is 0 Å². The topological polar surface area (TPSA) is 52.9 Å². The van der Waals surface area contributed by atoms with Gasteiger partial charge in [0, 0.05) is 6.54 Å². The van der Waals surface area contributed by atoms with Crippen LogP contribution in [0, 0.1) is 17.2 Å². The Balaban J connectivity index is 2.18. The number of carbonyl (C=O) groups excluding carboxylic acids is 1. The molecule has 2 aromatic rings. The number of nitriles is 1. The summed E-state index contributed by atoms with van der Waals surface area (Å²) < 4.78 is 0. The Labute approximate surface area is 106 Å². The summed E-state index contributed by atoms with van der Waals surface area (Å²) in [5, 5.41) is 13.7. The van der Waals surface area contributed by atoms with Crippen LogP contribution in [0.5, 0.6) is 0 Å². The fourth-order valence-electron chi connectivity index (χ4n) is 1.84. The van der Waals surface area contributed by atoms with Crippen LogP contribution in [0.4, 0.5) is 0 Å². The van der Waals surface area contributed by atoms with Gasteiger partial charge in [-0.25, -0.2) is 0 Å². The summed E-state index contributed by atoms with van der Waals surface area (Å²) in [6, 6.07) is 16.0. The summed E-state index contributed by atoms with van der Waals surface area (Å²) in [4.78, 5) is 11.5. The van der Waals surface area contributed by atoms with Gasteiger partial charge in [-0.1, -0.05) is 42.5 Å². The van der Waals surface area contributed by atoms with Gasteiger partial charge in [-0.3, -0.25) is 4.79 Å². The lowest BCUT2D eigenvalue weighted by Gasteiger charge is -2.09. The van der Waals surface area contributed by atoms with Gasteiger partial charge in [-0.15, -0.1) is 0 Å². The molecule has 1 unspecified atom stereocenters. The van der Waals surface area contributed by atoms with Crippen molar-refractivity contribution in [3.8, 4) is 6.07 Å². The number of hydrogen-bond acceptors (Lipinski definition) is 2. The first kappa shape index (κ1) is 12.1. The maximum absolute atomic E-state index is 11.5. The van der Waals surface area contributed by atoms with E-state index in [0.29, 0.717) is 6.54 Å². The molecule has 0 saturated heterocycles. The third-order valence-electron chi connectivity index (χ3n) is 2.92. The predicted molar refractivity (Wildman–Crippen MR) is 70.6 cm³/mol. The second kappa shape index (κ2) is 5.33. The standard InChI is InChI=1S/C15H14N2O/c1-11(9-16)15(18)17-10-13-7-4-6-12-5-2-3-8-14(12)13/h2-8,11H,10H2,1H3,(H,17,18). The minimum atomic E-state index is -0.611. The lowest BCUT2D eigenvalue weighted by atomic mass is 10.0. The van der Waals surface area contributed by atoms with E-state index in [2.05, 4.69) is 5.32 Å². The average Bonchev–Trinajstić information content (AvgIpc) is 2.43. The van der Waals surface area contributed by atoms with Crippen LogP contribution in [0.15, 0.2) is 42.5 Å². The largest absolute Gasteiger partial charge is 0.351 e. The van der Waals surface area contributed by atoms with Gasteiger partial charge >= 0.3 is 0 Å². The van der Waals surface area contributed by atoms with Gasteiger partial charge in [0.1, 0.15) is 5.92 Å². The van der Waals surface area contributed by atoms with Crippen molar-refractivity contribution < 1.29 is 4.79 Å². The SMILES string of the molecule is CC(C#N)C(=O)NCc1cccc2ccccc12. The Morgan fingerprint density at radius 3 is 2.78 bits per heavy atom. The molecule has 0 saturated carbocycles. The van der Waals surface area contributed by atoms with Crippen LogP contribution in [0.1, 0.15) is 12.5 Å². The minimum absolute atomic E-state index is 0.231. The molecule has 1 amide bonds. The molecule has 0 aliphatic carbocycles. The van der Waals surface area contributed by atoms with Gasteiger partial charge in [0.25, 0.3) is 0 Å². The zero-order valence-electron chi connectivity index (χ0n) is 10.2. The molecule has 3 nitrogen and oxygen atoms in total. The van der Waals surface area contributed by atoms with Gasteiger partial charge in [-0.2, -0.15) is 5.26 Å². The van der Waals surface area contributed by atoms with Crippen molar-refractivity contribution in [3.05, 3.63) is 48.0 Å². The Kier molecular flexibility index (Phi) is 3.59. The van der Waals surface area contributed by atoms with Gasteiger partial charge in [0.15, 0.2) is 0 Å². The molecule has 0 spiro atoms. The Morgan fingerprint density at radius 2 is 2.00 bits per heavy atom. The second-order valence-electron chi connectivity index (χ2n) is 4.21. The van der Waals surface area contributed by atoms with Crippen LogP contribution in [0.25, 0.3) is 10.8 Å². The summed E-state index contributed by atoms with van der Waals surface area (Å²) in [5.41, 5.74) is 1.06. The molecule has 2 aromatic carbocycles. The highest BCUT2D eigenvalue weighted by Crippen LogP contribution is 2.18. The van der Waals surface area contributed by atoms with Gasteiger partial charge in [0.2, 0.25) is 5.91 Å². The molecular weight excluding hydrogens is 224 g/mol. The van der Waals surface area contributed by atoms with E-state index in [4.69, 9.17) is 5.26 Å². The molecule has 1 atom stereocenters. The molecule has 0 heterocycles. The van der Waals surface area contributed by atoms with Crippen molar-refractivity contribution >= 4 is 16.7 Å². The van der Waals surface area contributed by atoms with Crippen LogP contribution < -0.4 is 5.32 Å². The lowest BCUT2D eigenvalue weighted by molar-refractivity contribution is -0.123. The molecule has 0 bridgehead atoms. The summed E-state index contributed by atoms with van der Waals surface area (Å²) in [7, 11) is 0. The summed E-state index contributed by atoms with van der Waals surface area (Å²) in [5.74, 6) is -0.842. The molecule has 0 fully saturated rings. The number of benzene rings is 2. The zero-order valence-corrected chi connectivity index (χ0v) is 10.2. The van der Waals surface area contributed by atoms with E-state index in [-0.39, 0.29) is 5.91 Å². The smallest absolute Gasteiger partial charge is 0.237 e. The van der Waals surface area contributed by atoms with Gasteiger partial charge in [0.05, 0.1) is 6.07 Å². The normalized spacial score (nSPS) is 11.8. The van der Waals surface area contributed by atoms with Crippen LogP contribution in [0.3, 0.4) is 0 Å². The number of hydrogen-bond donors (Lipinski definition) is 1. The average molecular weight is 238 g/mol. The highest BCUT2D eigenvalue weighted by molar-refractivity contribution is 5.86. The number of carbonyl (C=O) groups is 1. The first-order valence-corrected chi connectivity index (χ1v) is 5.86. The Morgan fingerprint density at radius 1 is 1.28 bits per heavy atom. The van der Waals surface area contributed by atoms with Crippen LogP contribution in [-0.2, 0) is 11.3 Å². The maximum atomic E-state index is 11.5. The molecule has 0 aliphatic heterocycles. The van der Waals surface area contributed by atoms with E-state index in [9.17, 15) is 4.79 Å². The monoisotopic (exact) mass is 238 g/mol. The molecule has 0 aliphatic rings. The first-order chi connectivity index (χ1) is 8.72. The first-order valence-electron chi connectivity index (χ1n) is 5.86. The summed E-state index contributed by atoms with van der Waals surface area (Å²) >= 11 is 0. The van der Waals surface area contributed by atoms with E-state index in [0.717, 1.165) is 16.3 Å². The fraction of sp³-hybridized carbons (Fsp3) is 0.200. The fourth-order valence-corrected chi connectivity index (χ4v) is 1.84. The van der Waals surface area contributed by atoms with Crippen molar-refractivity contribution in [1.82, 2.24) is 5.32 Å². The Bertz CT molecular complexity index is 608. The minimum Gasteiger partial charge on any atom is -0.351 e. The molecular formula is C15H14N2O. The molecule has 1 N–H and O–H groups in total. The van der Waals surface area contributed by atoms with E-state index >= 15 is 0 Å². The third kappa shape index (κ3) is 2.49. The third-order valence-corrected chi connectivity index (χ3v) is 2.92.